The minimum Gasteiger partial charge on any atom is -0.396 e. The van der Waals surface area contributed by atoms with Gasteiger partial charge in [-0.25, -0.2) is 0 Å². The summed E-state index contributed by atoms with van der Waals surface area (Å²) in [6.07, 6.45) is 0.131. The second-order valence-electron chi connectivity index (χ2n) is 4.06. The SMILES string of the molecule is OCCCCC(O)C(O)C(O)CCCCO. The molecule has 0 spiro atoms. The van der Waals surface area contributed by atoms with Gasteiger partial charge in [-0.1, -0.05) is 0 Å². The van der Waals surface area contributed by atoms with Crippen LogP contribution in [0.4, 0.5) is 0 Å². The lowest BCUT2D eigenvalue weighted by atomic mass is 9.99. The molecule has 0 aromatic carbocycles. The first-order chi connectivity index (χ1) is 7.63. The van der Waals surface area contributed by atoms with Crippen LogP contribution in [0.1, 0.15) is 38.5 Å². The van der Waals surface area contributed by atoms with Crippen LogP contribution in [-0.4, -0.2) is 57.1 Å². The average molecular weight is 236 g/mol. The van der Waals surface area contributed by atoms with E-state index in [1.165, 1.54) is 0 Å². The van der Waals surface area contributed by atoms with Crippen molar-refractivity contribution in [2.75, 3.05) is 13.2 Å². The molecule has 0 rings (SSSR count). The second-order valence-corrected chi connectivity index (χ2v) is 4.06. The lowest BCUT2D eigenvalue weighted by Gasteiger charge is -2.22. The zero-order valence-electron chi connectivity index (χ0n) is 9.62. The van der Waals surface area contributed by atoms with Crippen LogP contribution < -0.4 is 0 Å². The van der Waals surface area contributed by atoms with E-state index in [4.69, 9.17) is 10.2 Å². The summed E-state index contributed by atoms with van der Waals surface area (Å²) < 4.78 is 0. The van der Waals surface area contributed by atoms with Gasteiger partial charge in [-0.15, -0.1) is 0 Å². The molecule has 0 radical (unpaired) electrons. The molecule has 0 fully saturated rings. The Hall–Kier alpha value is -0.200. The molecule has 5 heteroatoms. The lowest BCUT2D eigenvalue weighted by molar-refractivity contribution is -0.0656. The normalized spacial score (nSPS) is 17.1. The number of unbranched alkanes of at least 4 members (excludes halogenated alkanes) is 2. The van der Waals surface area contributed by atoms with Gasteiger partial charge in [0, 0.05) is 13.2 Å². The fourth-order valence-corrected chi connectivity index (χ4v) is 1.53. The van der Waals surface area contributed by atoms with E-state index in [9.17, 15) is 15.3 Å². The maximum absolute atomic E-state index is 9.56. The van der Waals surface area contributed by atoms with Crippen molar-refractivity contribution >= 4 is 0 Å². The Kier molecular flexibility index (Phi) is 9.86. The highest BCUT2D eigenvalue weighted by Gasteiger charge is 2.23. The van der Waals surface area contributed by atoms with Crippen molar-refractivity contribution < 1.29 is 25.5 Å². The van der Waals surface area contributed by atoms with Gasteiger partial charge in [0.25, 0.3) is 0 Å². The highest BCUT2D eigenvalue weighted by molar-refractivity contribution is 4.75. The summed E-state index contributed by atoms with van der Waals surface area (Å²) in [5.41, 5.74) is 0. The highest BCUT2D eigenvalue weighted by atomic mass is 16.4. The van der Waals surface area contributed by atoms with Gasteiger partial charge in [-0.2, -0.15) is 0 Å². The minimum absolute atomic E-state index is 0.0713. The topological polar surface area (TPSA) is 101 Å². The fraction of sp³-hybridized carbons (Fsp3) is 1.00. The standard InChI is InChI=1S/C11H24O5/c12-7-3-1-5-9(14)11(16)10(15)6-2-4-8-13/h9-16H,1-8H2. The van der Waals surface area contributed by atoms with Crippen molar-refractivity contribution in [3.8, 4) is 0 Å². The molecule has 0 aliphatic carbocycles. The second kappa shape index (κ2) is 9.99. The predicted octanol–water partition coefficient (Wildman–Crippen LogP) is -0.606. The third kappa shape index (κ3) is 7.14. The Bertz CT molecular complexity index is 137. The number of hydrogen-bond donors (Lipinski definition) is 5. The van der Waals surface area contributed by atoms with Crippen LogP contribution in [0.25, 0.3) is 0 Å². The molecule has 2 atom stereocenters. The zero-order valence-corrected chi connectivity index (χ0v) is 9.62. The Morgan fingerprint density at radius 3 is 1.31 bits per heavy atom. The molecule has 2 unspecified atom stereocenters. The molecule has 0 bridgehead atoms. The average Bonchev–Trinajstić information content (AvgIpc) is 2.28. The van der Waals surface area contributed by atoms with Gasteiger partial charge in [-0.3, -0.25) is 0 Å². The third-order valence-electron chi connectivity index (χ3n) is 2.60. The van der Waals surface area contributed by atoms with Gasteiger partial charge in [0.15, 0.2) is 0 Å². The summed E-state index contributed by atoms with van der Waals surface area (Å²) in [4.78, 5) is 0. The van der Waals surface area contributed by atoms with Crippen molar-refractivity contribution in [3.05, 3.63) is 0 Å². The van der Waals surface area contributed by atoms with E-state index in [1.54, 1.807) is 0 Å². The minimum atomic E-state index is -1.14. The molecule has 5 N–H and O–H groups in total. The Morgan fingerprint density at radius 2 is 1.00 bits per heavy atom. The Morgan fingerprint density at radius 1 is 0.625 bits per heavy atom. The third-order valence-corrected chi connectivity index (χ3v) is 2.60. The molecule has 16 heavy (non-hydrogen) atoms. The van der Waals surface area contributed by atoms with Crippen LogP contribution in [0.2, 0.25) is 0 Å². The quantitative estimate of drug-likeness (QED) is 0.326. The molecule has 0 amide bonds. The first-order valence-corrected chi connectivity index (χ1v) is 5.89. The van der Waals surface area contributed by atoms with E-state index >= 15 is 0 Å². The van der Waals surface area contributed by atoms with Crippen LogP contribution in [0.3, 0.4) is 0 Å². The maximum atomic E-state index is 9.56. The monoisotopic (exact) mass is 236 g/mol. The Balaban J connectivity index is 3.68. The summed E-state index contributed by atoms with van der Waals surface area (Å²) in [5.74, 6) is 0. The lowest BCUT2D eigenvalue weighted by Crippen LogP contribution is -2.37. The number of aliphatic hydroxyl groups is 5. The molecule has 0 aromatic heterocycles. The van der Waals surface area contributed by atoms with Crippen LogP contribution >= 0.6 is 0 Å². The highest BCUT2D eigenvalue weighted by Crippen LogP contribution is 2.12. The summed E-state index contributed by atoms with van der Waals surface area (Å²) in [6.45, 7) is 0.143. The molecule has 98 valence electrons. The van der Waals surface area contributed by atoms with Crippen LogP contribution in [0.15, 0.2) is 0 Å². The first-order valence-electron chi connectivity index (χ1n) is 5.89. The summed E-state index contributed by atoms with van der Waals surface area (Å²) in [7, 11) is 0. The van der Waals surface area contributed by atoms with Crippen LogP contribution in [-0.2, 0) is 0 Å². The smallest absolute Gasteiger partial charge is 0.106 e. The number of aliphatic hydroxyl groups excluding tert-OH is 5. The van der Waals surface area contributed by atoms with E-state index in [2.05, 4.69) is 0 Å². The van der Waals surface area contributed by atoms with E-state index in [-0.39, 0.29) is 13.2 Å². The summed E-state index contributed by atoms with van der Waals surface area (Å²) in [6, 6.07) is 0. The van der Waals surface area contributed by atoms with E-state index in [0.717, 1.165) is 0 Å². The molecule has 5 nitrogen and oxygen atoms in total. The van der Waals surface area contributed by atoms with Crippen molar-refractivity contribution in [1.82, 2.24) is 0 Å². The van der Waals surface area contributed by atoms with Gasteiger partial charge < -0.3 is 25.5 Å². The molecule has 0 aliphatic rings. The van der Waals surface area contributed by atoms with E-state index < -0.39 is 18.3 Å². The van der Waals surface area contributed by atoms with Gasteiger partial charge >= 0.3 is 0 Å². The first kappa shape index (κ1) is 15.8. The zero-order chi connectivity index (χ0) is 12.4. The van der Waals surface area contributed by atoms with Gasteiger partial charge in [0.1, 0.15) is 6.10 Å². The van der Waals surface area contributed by atoms with E-state index in [0.29, 0.717) is 38.5 Å². The number of hydrogen-bond acceptors (Lipinski definition) is 5. The van der Waals surface area contributed by atoms with Gasteiger partial charge in [-0.05, 0) is 38.5 Å². The summed E-state index contributed by atoms with van der Waals surface area (Å²) in [5, 5.41) is 45.7. The molecule has 0 saturated carbocycles. The van der Waals surface area contributed by atoms with Gasteiger partial charge in [0.2, 0.25) is 0 Å². The molecule has 0 heterocycles. The Labute approximate surface area is 96.4 Å². The summed E-state index contributed by atoms with van der Waals surface area (Å²) >= 11 is 0. The number of rotatable bonds is 10. The molecular formula is C11H24O5. The predicted molar refractivity (Wildman–Crippen MR) is 59.9 cm³/mol. The van der Waals surface area contributed by atoms with E-state index in [1.807, 2.05) is 0 Å². The van der Waals surface area contributed by atoms with Crippen molar-refractivity contribution in [1.29, 1.82) is 0 Å². The van der Waals surface area contributed by atoms with Gasteiger partial charge in [0.05, 0.1) is 12.2 Å². The fourth-order valence-electron chi connectivity index (χ4n) is 1.53. The molecular weight excluding hydrogens is 212 g/mol. The molecule has 0 aliphatic heterocycles. The van der Waals surface area contributed by atoms with Crippen molar-refractivity contribution in [2.45, 2.75) is 56.8 Å². The molecule has 0 saturated heterocycles. The maximum Gasteiger partial charge on any atom is 0.106 e. The van der Waals surface area contributed by atoms with Crippen LogP contribution in [0, 0.1) is 0 Å². The van der Waals surface area contributed by atoms with Crippen LogP contribution in [0.5, 0.6) is 0 Å². The van der Waals surface area contributed by atoms with Crippen molar-refractivity contribution in [3.63, 3.8) is 0 Å². The van der Waals surface area contributed by atoms with Crippen molar-refractivity contribution in [2.24, 2.45) is 0 Å². The largest absolute Gasteiger partial charge is 0.396 e. The molecule has 0 aromatic rings.